The van der Waals surface area contributed by atoms with Gasteiger partial charge in [-0.2, -0.15) is 0 Å². The number of fused-ring (bicyclic) bond motifs is 1. The Bertz CT molecular complexity index is 566. The summed E-state index contributed by atoms with van der Waals surface area (Å²) in [4.78, 5) is 14.1. The van der Waals surface area contributed by atoms with E-state index in [0.717, 1.165) is 10.8 Å². The van der Waals surface area contributed by atoms with Crippen LogP contribution < -0.4 is 4.74 Å². The van der Waals surface area contributed by atoms with Crippen molar-refractivity contribution in [2.75, 3.05) is 13.2 Å². The van der Waals surface area contributed by atoms with Gasteiger partial charge in [-0.1, -0.05) is 36.4 Å². The molecule has 2 aromatic carbocycles. The van der Waals surface area contributed by atoms with Crippen LogP contribution in [0.2, 0.25) is 0 Å². The first-order valence-corrected chi connectivity index (χ1v) is 5.73. The van der Waals surface area contributed by atoms with Crippen LogP contribution in [-0.2, 0) is 4.84 Å². The molecule has 0 aliphatic heterocycles. The van der Waals surface area contributed by atoms with E-state index in [4.69, 9.17) is 4.74 Å². The maximum Gasteiger partial charge on any atom is 0.294 e. The number of hydrogen-bond acceptors (Lipinski definition) is 5. The number of ether oxygens (including phenoxy) is 1. The lowest BCUT2D eigenvalue weighted by molar-refractivity contribution is -0.759. The largest absolute Gasteiger partial charge is 0.490 e. The van der Waals surface area contributed by atoms with Gasteiger partial charge in [-0.25, -0.2) is 0 Å². The van der Waals surface area contributed by atoms with E-state index in [-0.39, 0.29) is 6.61 Å². The van der Waals surface area contributed by atoms with E-state index in [1.165, 1.54) is 0 Å². The van der Waals surface area contributed by atoms with Crippen LogP contribution in [0.1, 0.15) is 0 Å². The fourth-order valence-electron chi connectivity index (χ4n) is 1.70. The van der Waals surface area contributed by atoms with E-state index in [0.29, 0.717) is 5.75 Å². The van der Waals surface area contributed by atoms with Crippen LogP contribution in [0.15, 0.2) is 42.5 Å². The normalized spacial score (nSPS) is 12.1. The summed E-state index contributed by atoms with van der Waals surface area (Å²) in [7, 11) is 0. The minimum absolute atomic E-state index is 0.0676. The summed E-state index contributed by atoms with van der Waals surface area (Å²) in [6, 6.07) is 13.3. The number of rotatable bonds is 6. The van der Waals surface area contributed by atoms with E-state index in [1.54, 1.807) is 6.07 Å². The van der Waals surface area contributed by atoms with E-state index in [2.05, 4.69) is 4.84 Å². The van der Waals surface area contributed by atoms with Gasteiger partial charge in [0.05, 0.1) is 0 Å². The molecule has 0 saturated carbocycles. The van der Waals surface area contributed by atoms with Gasteiger partial charge in [-0.15, -0.1) is 10.1 Å². The molecular formula is C13H13NO5. The van der Waals surface area contributed by atoms with Crippen molar-refractivity contribution in [2.45, 2.75) is 6.10 Å². The van der Waals surface area contributed by atoms with Crippen molar-refractivity contribution in [3.63, 3.8) is 0 Å². The maximum atomic E-state index is 9.98. The molecule has 1 atom stereocenters. The van der Waals surface area contributed by atoms with Crippen LogP contribution in [0, 0.1) is 10.1 Å². The highest BCUT2D eigenvalue weighted by Crippen LogP contribution is 2.25. The van der Waals surface area contributed by atoms with Crippen molar-refractivity contribution in [1.29, 1.82) is 0 Å². The van der Waals surface area contributed by atoms with Crippen LogP contribution in [0.3, 0.4) is 0 Å². The average Bonchev–Trinajstić information content (AvgIpc) is 2.42. The molecular weight excluding hydrogens is 250 g/mol. The Kier molecular flexibility index (Phi) is 4.15. The Labute approximate surface area is 109 Å². The van der Waals surface area contributed by atoms with Crippen LogP contribution >= 0.6 is 0 Å². The molecule has 2 aromatic rings. The summed E-state index contributed by atoms with van der Waals surface area (Å²) < 4.78 is 5.46. The van der Waals surface area contributed by atoms with Gasteiger partial charge in [-0.3, -0.25) is 0 Å². The van der Waals surface area contributed by atoms with Crippen molar-refractivity contribution in [2.24, 2.45) is 0 Å². The van der Waals surface area contributed by atoms with Gasteiger partial charge in [0.25, 0.3) is 5.09 Å². The number of benzene rings is 2. The Balaban J connectivity index is 2.00. The SMILES string of the molecule is O=[N+]([O-])OCC(O)COc1cccc2ccccc12. The Hall–Kier alpha value is -2.34. The Morgan fingerprint density at radius 1 is 1.16 bits per heavy atom. The maximum absolute atomic E-state index is 9.98. The minimum atomic E-state index is -1.05. The Morgan fingerprint density at radius 2 is 1.89 bits per heavy atom. The number of aliphatic hydroxyl groups is 1. The molecule has 6 nitrogen and oxygen atoms in total. The highest BCUT2D eigenvalue weighted by Gasteiger charge is 2.09. The molecule has 1 N–H and O–H groups in total. The van der Waals surface area contributed by atoms with E-state index >= 15 is 0 Å². The molecule has 2 rings (SSSR count). The van der Waals surface area contributed by atoms with Crippen LogP contribution in [0.5, 0.6) is 5.75 Å². The van der Waals surface area contributed by atoms with Crippen molar-refractivity contribution >= 4 is 10.8 Å². The predicted octanol–water partition coefficient (Wildman–Crippen LogP) is 1.79. The second kappa shape index (κ2) is 6.01. The molecule has 0 aromatic heterocycles. The van der Waals surface area contributed by atoms with E-state index in [1.807, 2.05) is 36.4 Å². The molecule has 0 amide bonds. The molecule has 0 spiro atoms. The first-order chi connectivity index (χ1) is 9.16. The topological polar surface area (TPSA) is 81.8 Å². The summed E-state index contributed by atoms with van der Waals surface area (Å²) in [5, 5.41) is 20.5. The molecule has 0 radical (unpaired) electrons. The van der Waals surface area contributed by atoms with Gasteiger partial charge >= 0.3 is 0 Å². The van der Waals surface area contributed by atoms with Gasteiger partial charge < -0.3 is 14.7 Å². The Morgan fingerprint density at radius 3 is 2.68 bits per heavy atom. The second-order valence-corrected chi connectivity index (χ2v) is 3.96. The van der Waals surface area contributed by atoms with Gasteiger partial charge in [-0.05, 0) is 11.5 Å². The van der Waals surface area contributed by atoms with Crippen LogP contribution in [0.4, 0.5) is 0 Å². The summed E-state index contributed by atoms with van der Waals surface area (Å²) in [6.07, 6.45) is -1.05. The number of aliphatic hydroxyl groups excluding tert-OH is 1. The smallest absolute Gasteiger partial charge is 0.294 e. The lowest BCUT2D eigenvalue weighted by Gasteiger charge is -2.12. The van der Waals surface area contributed by atoms with E-state index in [9.17, 15) is 15.2 Å². The van der Waals surface area contributed by atoms with Gasteiger partial charge in [0.1, 0.15) is 25.1 Å². The zero-order valence-electron chi connectivity index (χ0n) is 10.1. The highest BCUT2D eigenvalue weighted by molar-refractivity contribution is 5.88. The quantitative estimate of drug-likeness (QED) is 0.634. The molecule has 6 heteroatoms. The lowest BCUT2D eigenvalue weighted by Crippen LogP contribution is -2.24. The lowest BCUT2D eigenvalue weighted by atomic mass is 10.1. The molecule has 0 bridgehead atoms. The molecule has 1 unspecified atom stereocenters. The first kappa shape index (κ1) is 13.1. The minimum Gasteiger partial charge on any atom is -0.490 e. The molecule has 0 heterocycles. The zero-order chi connectivity index (χ0) is 13.7. The second-order valence-electron chi connectivity index (χ2n) is 3.96. The molecule has 0 aliphatic rings. The summed E-state index contributed by atoms with van der Waals surface area (Å²) in [5.41, 5.74) is 0. The summed E-state index contributed by atoms with van der Waals surface area (Å²) in [6.45, 7) is -0.473. The van der Waals surface area contributed by atoms with Gasteiger partial charge in [0.15, 0.2) is 0 Å². The van der Waals surface area contributed by atoms with Crippen LogP contribution in [-0.4, -0.2) is 29.5 Å². The van der Waals surface area contributed by atoms with Crippen molar-refractivity contribution in [1.82, 2.24) is 0 Å². The average molecular weight is 263 g/mol. The summed E-state index contributed by atoms with van der Waals surface area (Å²) >= 11 is 0. The van der Waals surface area contributed by atoms with Crippen LogP contribution in [0.25, 0.3) is 10.8 Å². The predicted molar refractivity (Wildman–Crippen MR) is 68.4 cm³/mol. The van der Waals surface area contributed by atoms with Gasteiger partial charge in [0.2, 0.25) is 0 Å². The standard InChI is InChI=1S/C13H13NO5/c15-11(9-19-14(16)17)8-18-13-7-3-5-10-4-1-2-6-12(10)13/h1-7,11,15H,8-9H2. The fourth-order valence-corrected chi connectivity index (χ4v) is 1.70. The third-order valence-corrected chi connectivity index (χ3v) is 2.55. The molecule has 0 aliphatic carbocycles. The highest BCUT2D eigenvalue weighted by atomic mass is 17.0. The van der Waals surface area contributed by atoms with Crippen molar-refractivity contribution < 1.29 is 19.8 Å². The summed E-state index contributed by atoms with van der Waals surface area (Å²) in [5.74, 6) is 0.623. The van der Waals surface area contributed by atoms with Crippen molar-refractivity contribution in [3.8, 4) is 5.75 Å². The third kappa shape index (κ3) is 3.56. The number of nitrogens with zero attached hydrogens (tertiary/aromatic N) is 1. The monoisotopic (exact) mass is 263 g/mol. The third-order valence-electron chi connectivity index (χ3n) is 2.55. The molecule has 0 saturated heterocycles. The number of hydrogen-bond donors (Lipinski definition) is 1. The zero-order valence-corrected chi connectivity index (χ0v) is 10.1. The van der Waals surface area contributed by atoms with Gasteiger partial charge in [0, 0.05) is 5.39 Å². The molecule has 0 fully saturated rings. The van der Waals surface area contributed by atoms with Crippen molar-refractivity contribution in [3.05, 3.63) is 52.6 Å². The van der Waals surface area contributed by atoms with E-state index < -0.39 is 17.8 Å². The first-order valence-electron chi connectivity index (χ1n) is 5.73. The fraction of sp³-hybridized carbons (Fsp3) is 0.231. The molecule has 100 valence electrons. The molecule has 19 heavy (non-hydrogen) atoms.